The number of fused-ring (bicyclic) bond motifs is 2. The highest BCUT2D eigenvalue weighted by Gasteiger charge is 2.19. The number of hydrogen-bond donors (Lipinski definition) is 1. The number of rotatable bonds is 3. The molecule has 0 saturated carbocycles. The van der Waals surface area contributed by atoms with Gasteiger partial charge in [0.15, 0.2) is 11.5 Å². The Hall–Kier alpha value is -3.82. The molecular formula is C18H17N7O3. The molecule has 10 nitrogen and oxygen atoms in total. The zero-order chi connectivity index (χ0) is 20.0. The van der Waals surface area contributed by atoms with Gasteiger partial charge in [0.05, 0.1) is 11.4 Å². The van der Waals surface area contributed by atoms with Crippen molar-refractivity contribution in [2.75, 3.05) is 0 Å². The van der Waals surface area contributed by atoms with Gasteiger partial charge in [0.25, 0.3) is 11.5 Å². The topological polar surface area (TPSA) is 116 Å². The highest BCUT2D eigenvalue weighted by Crippen LogP contribution is 2.13. The number of pyridine rings is 2. The minimum absolute atomic E-state index is 0.0939. The number of hydrogen-bond acceptors (Lipinski definition) is 6. The van der Waals surface area contributed by atoms with Crippen LogP contribution < -0.4 is 16.6 Å². The number of nitrogens with zero attached hydrogens (tertiary/aromatic N) is 6. The van der Waals surface area contributed by atoms with Gasteiger partial charge in [-0.2, -0.15) is 0 Å². The molecule has 0 saturated heterocycles. The molecule has 4 aromatic rings. The third-order valence-electron chi connectivity index (χ3n) is 4.61. The lowest BCUT2D eigenvalue weighted by Crippen LogP contribution is -2.37. The fourth-order valence-corrected chi connectivity index (χ4v) is 3.07. The highest BCUT2D eigenvalue weighted by atomic mass is 16.2. The van der Waals surface area contributed by atoms with Crippen molar-refractivity contribution in [1.29, 1.82) is 0 Å². The van der Waals surface area contributed by atoms with Crippen LogP contribution in [0.25, 0.3) is 16.7 Å². The SMILES string of the molecule is CC(NC(=O)c1ccc2c(=O)n(C)c(=O)n(C)c2n1)c1nnc2ccccn12. The van der Waals surface area contributed by atoms with E-state index in [1.807, 2.05) is 24.4 Å². The zero-order valence-electron chi connectivity index (χ0n) is 15.4. The van der Waals surface area contributed by atoms with E-state index in [9.17, 15) is 14.4 Å². The second-order valence-electron chi connectivity index (χ2n) is 6.46. The summed E-state index contributed by atoms with van der Waals surface area (Å²) in [6, 6.07) is 8.03. The molecule has 1 unspecified atom stereocenters. The first kappa shape index (κ1) is 17.6. The van der Waals surface area contributed by atoms with Gasteiger partial charge in [0.2, 0.25) is 0 Å². The van der Waals surface area contributed by atoms with Gasteiger partial charge in [-0.15, -0.1) is 10.2 Å². The molecular weight excluding hydrogens is 362 g/mol. The second-order valence-corrected chi connectivity index (χ2v) is 6.46. The highest BCUT2D eigenvalue weighted by molar-refractivity contribution is 5.94. The van der Waals surface area contributed by atoms with Crippen LogP contribution in [0.4, 0.5) is 0 Å². The van der Waals surface area contributed by atoms with E-state index in [0.29, 0.717) is 11.5 Å². The first-order valence-corrected chi connectivity index (χ1v) is 8.56. The third-order valence-corrected chi connectivity index (χ3v) is 4.61. The summed E-state index contributed by atoms with van der Waals surface area (Å²) in [6.45, 7) is 1.79. The van der Waals surface area contributed by atoms with E-state index in [-0.39, 0.29) is 16.7 Å². The van der Waals surface area contributed by atoms with Crippen LogP contribution in [0.1, 0.15) is 29.3 Å². The van der Waals surface area contributed by atoms with Crippen molar-refractivity contribution in [2.45, 2.75) is 13.0 Å². The van der Waals surface area contributed by atoms with E-state index in [2.05, 4.69) is 20.5 Å². The fourth-order valence-electron chi connectivity index (χ4n) is 3.07. The van der Waals surface area contributed by atoms with Gasteiger partial charge >= 0.3 is 5.69 Å². The summed E-state index contributed by atoms with van der Waals surface area (Å²) >= 11 is 0. The van der Waals surface area contributed by atoms with Crippen LogP contribution in [0.5, 0.6) is 0 Å². The summed E-state index contributed by atoms with van der Waals surface area (Å²) in [4.78, 5) is 41.2. The van der Waals surface area contributed by atoms with E-state index >= 15 is 0 Å². The summed E-state index contributed by atoms with van der Waals surface area (Å²) in [7, 11) is 2.90. The predicted octanol–water partition coefficient (Wildman–Crippen LogP) is 0.166. The lowest BCUT2D eigenvalue weighted by Gasteiger charge is -2.13. The summed E-state index contributed by atoms with van der Waals surface area (Å²) in [5, 5.41) is 11.3. The molecule has 4 heterocycles. The van der Waals surface area contributed by atoms with Crippen LogP contribution >= 0.6 is 0 Å². The smallest absolute Gasteiger partial charge is 0.332 e. The van der Waals surface area contributed by atoms with Crippen LogP contribution in [0, 0.1) is 0 Å². The molecule has 4 aromatic heterocycles. The Balaban J connectivity index is 1.69. The maximum absolute atomic E-state index is 12.7. The van der Waals surface area contributed by atoms with Crippen molar-refractivity contribution < 1.29 is 4.79 Å². The van der Waals surface area contributed by atoms with Crippen molar-refractivity contribution in [3.05, 3.63) is 68.9 Å². The van der Waals surface area contributed by atoms with E-state index in [1.54, 1.807) is 11.3 Å². The fraction of sp³-hybridized carbons (Fsp3) is 0.222. The Kier molecular flexibility index (Phi) is 4.03. The first-order chi connectivity index (χ1) is 13.4. The minimum atomic E-state index is -0.508. The maximum atomic E-state index is 12.7. The Labute approximate surface area is 158 Å². The van der Waals surface area contributed by atoms with Crippen molar-refractivity contribution in [3.63, 3.8) is 0 Å². The molecule has 0 radical (unpaired) electrons. The van der Waals surface area contributed by atoms with Crippen LogP contribution in [-0.2, 0) is 14.1 Å². The standard InChI is InChI=1S/C18H17N7O3/c1-10(14-22-21-13-6-4-5-9-25(13)14)19-16(26)12-8-7-11-15(20-12)23(2)18(28)24(3)17(11)27/h4-10H,1-3H3,(H,19,26). The molecule has 1 N–H and O–H groups in total. The lowest BCUT2D eigenvalue weighted by molar-refractivity contribution is 0.0933. The van der Waals surface area contributed by atoms with Crippen LogP contribution in [0.2, 0.25) is 0 Å². The normalized spacial score (nSPS) is 12.4. The van der Waals surface area contributed by atoms with Crippen molar-refractivity contribution in [1.82, 2.24) is 34.0 Å². The van der Waals surface area contributed by atoms with Gasteiger partial charge in [0, 0.05) is 20.3 Å². The zero-order valence-corrected chi connectivity index (χ0v) is 15.4. The quantitative estimate of drug-likeness (QED) is 0.542. The average Bonchev–Trinajstić information content (AvgIpc) is 3.14. The molecule has 142 valence electrons. The molecule has 0 aliphatic heterocycles. The molecule has 1 amide bonds. The molecule has 10 heteroatoms. The third kappa shape index (κ3) is 2.66. The molecule has 0 aliphatic carbocycles. The van der Waals surface area contributed by atoms with Crippen molar-refractivity contribution in [3.8, 4) is 0 Å². The lowest BCUT2D eigenvalue weighted by atomic mass is 10.2. The number of carbonyl (C=O) groups excluding carboxylic acids is 1. The first-order valence-electron chi connectivity index (χ1n) is 8.56. The van der Waals surface area contributed by atoms with E-state index in [0.717, 1.165) is 4.57 Å². The summed E-state index contributed by atoms with van der Waals surface area (Å²) in [6.07, 6.45) is 1.81. The Morgan fingerprint density at radius 2 is 1.86 bits per heavy atom. The molecule has 0 bridgehead atoms. The molecule has 1 atom stereocenters. The Morgan fingerprint density at radius 3 is 2.64 bits per heavy atom. The second kappa shape index (κ2) is 6.41. The van der Waals surface area contributed by atoms with Gasteiger partial charge in [-0.05, 0) is 31.2 Å². The largest absolute Gasteiger partial charge is 0.341 e. The molecule has 0 aliphatic rings. The Bertz CT molecular complexity index is 1350. The minimum Gasteiger partial charge on any atom is -0.341 e. The molecule has 0 spiro atoms. The van der Waals surface area contributed by atoms with Gasteiger partial charge in [0.1, 0.15) is 11.3 Å². The van der Waals surface area contributed by atoms with E-state index < -0.39 is 23.2 Å². The summed E-state index contributed by atoms with van der Waals surface area (Å²) in [5.41, 5.74) is -0.0438. The summed E-state index contributed by atoms with van der Waals surface area (Å²) < 4.78 is 4.03. The van der Waals surface area contributed by atoms with Crippen molar-refractivity contribution in [2.24, 2.45) is 14.1 Å². The number of carbonyl (C=O) groups is 1. The molecule has 28 heavy (non-hydrogen) atoms. The number of aromatic nitrogens is 6. The molecule has 0 fully saturated rings. The van der Waals surface area contributed by atoms with Gasteiger partial charge in [-0.3, -0.25) is 23.1 Å². The van der Waals surface area contributed by atoms with Gasteiger partial charge in [-0.25, -0.2) is 9.78 Å². The summed E-state index contributed by atoms with van der Waals surface area (Å²) in [5.74, 6) is 0.126. The average molecular weight is 379 g/mol. The molecule has 0 aromatic carbocycles. The van der Waals surface area contributed by atoms with Crippen LogP contribution in [0.3, 0.4) is 0 Å². The number of amides is 1. The van der Waals surface area contributed by atoms with E-state index in [4.69, 9.17) is 0 Å². The Morgan fingerprint density at radius 1 is 1.07 bits per heavy atom. The number of nitrogens with one attached hydrogen (secondary N) is 1. The number of aryl methyl sites for hydroxylation is 1. The van der Waals surface area contributed by atoms with Gasteiger partial charge < -0.3 is 5.32 Å². The maximum Gasteiger partial charge on any atom is 0.332 e. The molecule has 4 rings (SSSR count). The monoisotopic (exact) mass is 379 g/mol. The van der Waals surface area contributed by atoms with Crippen LogP contribution in [0.15, 0.2) is 46.1 Å². The van der Waals surface area contributed by atoms with E-state index in [1.165, 1.54) is 30.8 Å². The predicted molar refractivity (Wildman–Crippen MR) is 101 cm³/mol. The van der Waals surface area contributed by atoms with Crippen LogP contribution in [-0.4, -0.2) is 34.6 Å². The van der Waals surface area contributed by atoms with Gasteiger partial charge in [-0.1, -0.05) is 6.07 Å². The van der Waals surface area contributed by atoms with Crippen molar-refractivity contribution >= 4 is 22.6 Å².